The van der Waals surface area contributed by atoms with Crippen LogP contribution in [0.2, 0.25) is 0 Å². The van der Waals surface area contributed by atoms with Gasteiger partial charge in [0.15, 0.2) is 0 Å². The fourth-order valence-corrected chi connectivity index (χ4v) is 2.56. The van der Waals surface area contributed by atoms with E-state index in [9.17, 15) is 20.0 Å². The first-order valence-electron chi connectivity index (χ1n) is 6.57. The Bertz CT molecular complexity index is 507. The number of carboxylic acid groups (broad SMARTS) is 1. The summed E-state index contributed by atoms with van der Waals surface area (Å²) >= 11 is 0. The van der Waals surface area contributed by atoms with E-state index in [1.807, 2.05) is 11.8 Å². The largest absolute Gasteiger partial charge is 0.481 e. The zero-order valence-electron chi connectivity index (χ0n) is 11.3. The van der Waals surface area contributed by atoms with E-state index in [1.165, 1.54) is 12.3 Å². The molecular formula is C13H17N3O4. The lowest BCUT2D eigenvalue weighted by Crippen LogP contribution is -2.44. The van der Waals surface area contributed by atoms with E-state index in [-0.39, 0.29) is 5.69 Å². The number of hydrogen-bond acceptors (Lipinski definition) is 5. The summed E-state index contributed by atoms with van der Waals surface area (Å²) in [5.74, 6) is -0.0815. The van der Waals surface area contributed by atoms with Crippen molar-refractivity contribution in [3.63, 3.8) is 0 Å². The summed E-state index contributed by atoms with van der Waals surface area (Å²) < 4.78 is 0. The Balaban J connectivity index is 2.07. The molecule has 20 heavy (non-hydrogen) atoms. The fourth-order valence-electron chi connectivity index (χ4n) is 2.56. The van der Waals surface area contributed by atoms with Gasteiger partial charge in [0.1, 0.15) is 12.0 Å². The van der Waals surface area contributed by atoms with Crippen molar-refractivity contribution < 1.29 is 14.8 Å². The molecule has 1 aliphatic heterocycles. The van der Waals surface area contributed by atoms with Gasteiger partial charge in [-0.05, 0) is 25.3 Å². The number of rotatable bonds is 4. The summed E-state index contributed by atoms with van der Waals surface area (Å²) in [5.41, 5.74) is -0.684. The lowest BCUT2D eigenvalue weighted by molar-refractivity contribution is -0.385. The van der Waals surface area contributed by atoms with E-state index in [0.717, 1.165) is 0 Å². The van der Waals surface area contributed by atoms with Crippen LogP contribution < -0.4 is 4.90 Å². The van der Waals surface area contributed by atoms with E-state index in [0.29, 0.717) is 38.2 Å². The molecule has 7 heteroatoms. The minimum Gasteiger partial charge on any atom is -0.481 e. The maximum atomic E-state index is 11.4. The quantitative estimate of drug-likeness (QED) is 0.669. The van der Waals surface area contributed by atoms with Crippen molar-refractivity contribution in [3.05, 3.63) is 28.4 Å². The van der Waals surface area contributed by atoms with Crippen molar-refractivity contribution in [1.82, 2.24) is 4.98 Å². The normalized spacial score (nSPS) is 17.8. The van der Waals surface area contributed by atoms with Gasteiger partial charge < -0.3 is 10.0 Å². The average Bonchev–Trinajstić information content (AvgIpc) is 2.47. The third-order valence-electron chi connectivity index (χ3n) is 4.12. The molecule has 1 aliphatic rings. The van der Waals surface area contributed by atoms with Gasteiger partial charge in [0.25, 0.3) is 5.69 Å². The number of aliphatic carboxylic acids is 1. The molecule has 1 aromatic rings. The second kappa shape index (κ2) is 5.44. The number of piperidine rings is 1. The highest BCUT2D eigenvalue weighted by Crippen LogP contribution is 2.36. The van der Waals surface area contributed by atoms with Gasteiger partial charge in [-0.15, -0.1) is 0 Å². The molecule has 0 unspecified atom stereocenters. The van der Waals surface area contributed by atoms with Crippen molar-refractivity contribution in [2.75, 3.05) is 18.0 Å². The van der Waals surface area contributed by atoms with Crippen LogP contribution in [0.5, 0.6) is 0 Å². The minimum atomic E-state index is -0.740. The maximum absolute atomic E-state index is 11.4. The molecule has 2 heterocycles. The van der Waals surface area contributed by atoms with Crippen LogP contribution in [-0.4, -0.2) is 34.1 Å². The summed E-state index contributed by atoms with van der Waals surface area (Å²) in [6, 6.07) is 3.03. The summed E-state index contributed by atoms with van der Waals surface area (Å²) in [6.07, 6.45) is 2.98. The van der Waals surface area contributed by atoms with Gasteiger partial charge in [0.05, 0.1) is 10.3 Å². The smallest absolute Gasteiger partial charge is 0.309 e. The molecule has 108 valence electrons. The number of anilines is 1. The Hall–Kier alpha value is -2.18. The lowest BCUT2D eigenvalue weighted by atomic mass is 9.76. The molecule has 0 saturated carbocycles. The zero-order chi connectivity index (χ0) is 14.8. The van der Waals surface area contributed by atoms with Gasteiger partial charge in [0.2, 0.25) is 0 Å². The van der Waals surface area contributed by atoms with Crippen LogP contribution in [0.4, 0.5) is 11.5 Å². The monoisotopic (exact) mass is 279 g/mol. The maximum Gasteiger partial charge on any atom is 0.309 e. The van der Waals surface area contributed by atoms with Gasteiger partial charge >= 0.3 is 5.97 Å². The molecule has 0 spiro atoms. The first-order valence-corrected chi connectivity index (χ1v) is 6.57. The number of aromatic nitrogens is 1. The highest BCUT2D eigenvalue weighted by atomic mass is 16.6. The van der Waals surface area contributed by atoms with Gasteiger partial charge in [0, 0.05) is 19.2 Å². The van der Waals surface area contributed by atoms with Crippen LogP contribution >= 0.6 is 0 Å². The highest BCUT2D eigenvalue weighted by Gasteiger charge is 2.40. The topological polar surface area (TPSA) is 96.6 Å². The fraction of sp³-hybridized carbons (Fsp3) is 0.538. The van der Waals surface area contributed by atoms with Gasteiger partial charge in [-0.1, -0.05) is 6.92 Å². The SMILES string of the molecule is CCC1(C(=O)O)CCN(c2ccc([N+](=O)[O-])cn2)CC1. The summed E-state index contributed by atoms with van der Waals surface area (Å²) in [4.78, 5) is 27.5. The summed E-state index contributed by atoms with van der Waals surface area (Å²) in [5, 5.41) is 19.9. The Morgan fingerprint density at radius 1 is 1.50 bits per heavy atom. The van der Waals surface area contributed by atoms with E-state index in [2.05, 4.69) is 4.98 Å². The Labute approximate surface area is 116 Å². The molecule has 2 rings (SSSR count). The minimum absolute atomic E-state index is 0.0424. The summed E-state index contributed by atoms with van der Waals surface area (Å²) in [6.45, 7) is 3.10. The molecule has 0 aromatic carbocycles. The van der Waals surface area contributed by atoms with Gasteiger partial charge in [-0.2, -0.15) is 0 Å². The number of nitrogens with zero attached hydrogens (tertiary/aromatic N) is 3. The van der Waals surface area contributed by atoms with Crippen LogP contribution in [0.1, 0.15) is 26.2 Å². The zero-order valence-corrected chi connectivity index (χ0v) is 11.3. The van der Waals surface area contributed by atoms with E-state index in [4.69, 9.17) is 0 Å². The number of pyridine rings is 1. The first kappa shape index (κ1) is 14.2. The number of carbonyl (C=O) groups is 1. The molecule has 0 atom stereocenters. The molecule has 1 aromatic heterocycles. The number of nitro groups is 1. The third-order valence-corrected chi connectivity index (χ3v) is 4.12. The Morgan fingerprint density at radius 2 is 2.15 bits per heavy atom. The Morgan fingerprint density at radius 3 is 2.55 bits per heavy atom. The van der Waals surface area contributed by atoms with Crippen molar-refractivity contribution in [3.8, 4) is 0 Å². The first-order chi connectivity index (χ1) is 9.48. The highest BCUT2D eigenvalue weighted by molar-refractivity contribution is 5.75. The van der Waals surface area contributed by atoms with Gasteiger partial charge in [-0.25, -0.2) is 4.98 Å². The van der Waals surface area contributed by atoms with Crippen LogP contribution in [0.15, 0.2) is 18.3 Å². The van der Waals surface area contributed by atoms with Crippen LogP contribution in [0.25, 0.3) is 0 Å². The molecular weight excluding hydrogens is 262 g/mol. The second-order valence-electron chi connectivity index (χ2n) is 5.06. The predicted octanol–water partition coefficient (Wildman–Crippen LogP) is 2.07. The number of hydrogen-bond donors (Lipinski definition) is 1. The summed E-state index contributed by atoms with van der Waals surface area (Å²) in [7, 11) is 0. The Kier molecular flexibility index (Phi) is 3.87. The van der Waals surface area contributed by atoms with Crippen LogP contribution in [-0.2, 0) is 4.79 Å². The molecule has 0 amide bonds. The van der Waals surface area contributed by atoms with Crippen molar-refractivity contribution >= 4 is 17.5 Å². The van der Waals surface area contributed by atoms with Crippen molar-refractivity contribution in [1.29, 1.82) is 0 Å². The standard InChI is InChI=1S/C13H17N3O4/c1-2-13(12(17)18)5-7-15(8-6-13)11-4-3-10(9-14-11)16(19)20/h3-4,9H,2,5-8H2,1H3,(H,17,18). The lowest BCUT2D eigenvalue weighted by Gasteiger charge is -2.38. The van der Waals surface area contributed by atoms with E-state index < -0.39 is 16.3 Å². The third kappa shape index (κ3) is 2.56. The molecule has 0 aliphatic carbocycles. The van der Waals surface area contributed by atoms with Crippen LogP contribution in [0, 0.1) is 15.5 Å². The molecule has 0 radical (unpaired) electrons. The second-order valence-corrected chi connectivity index (χ2v) is 5.06. The van der Waals surface area contributed by atoms with Crippen molar-refractivity contribution in [2.24, 2.45) is 5.41 Å². The van der Waals surface area contributed by atoms with Crippen LogP contribution in [0.3, 0.4) is 0 Å². The predicted molar refractivity (Wildman–Crippen MR) is 72.7 cm³/mol. The van der Waals surface area contributed by atoms with Crippen molar-refractivity contribution in [2.45, 2.75) is 26.2 Å². The van der Waals surface area contributed by atoms with E-state index >= 15 is 0 Å². The molecule has 0 bridgehead atoms. The molecule has 1 N–H and O–H groups in total. The molecule has 1 saturated heterocycles. The van der Waals surface area contributed by atoms with Gasteiger partial charge in [-0.3, -0.25) is 14.9 Å². The molecule has 7 nitrogen and oxygen atoms in total. The van der Waals surface area contributed by atoms with E-state index in [1.54, 1.807) is 6.07 Å². The average molecular weight is 279 g/mol. The number of carboxylic acids is 1. The molecule has 1 fully saturated rings.